The highest BCUT2D eigenvalue weighted by molar-refractivity contribution is 5.05. The normalized spacial score (nSPS) is 64.4. The van der Waals surface area contributed by atoms with Gasteiger partial charge in [-0.15, -0.1) is 0 Å². The smallest absolute Gasteiger partial charge is 0.0324 e. The van der Waals surface area contributed by atoms with Gasteiger partial charge in [-0.2, -0.15) is 0 Å². The summed E-state index contributed by atoms with van der Waals surface area (Å²) in [7, 11) is 0. The van der Waals surface area contributed by atoms with Crippen LogP contribution >= 0.6 is 0 Å². The van der Waals surface area contributed by atoms with Gasteiger partial charge in [-0.3, -0.25) is 0 Å². The van der Waals surface area contributed by atoms with E-state index in [1.807, 2.05) is 0 Å². The van der Waals surface area contributed by atoms with Gasteiger partial charge in [0.05, 0.1) is 0 Å². The van der Waals surface area contributed by atoms with Crippen molar-refractivity contribution in [2.75, 3.05) is 0 Å². The van der Waals surface area contributed by atoms with Crippen molar-refractivity contribution in [3.05, 3.63) is 0 Å². The van der Waals surface area contributed by atoms with Crippen LogP contribution in [-0.2, 0) is 0 Å². The molecule has 13 heavy (non-hydrogen) atoms. The molecule has 0 heteroatoms. The second kappa shape index (κ2) is 2.52. The molecule has 74 valence electrons. The van der Waals surface area contributed by atoms with Gasteiger partial charge in [-0.05, 0) is 60.7 Å². The molecular formula is C13H22. The summed E-state index contributed by atoms with van der Waals surface area (Å²) >= 11 is 0. The minimum absolute atomic E-state index is 1.04. The molecule has 0 radical (unpaired) electrons. The lowest BCUT2D eigenvalue weighted by Crippen LogP contribution is -2.27. The third-order valence-corrected chi connectivity index (χ3v) is 5.52. The Labute approximate surface area is 82.1 Å². The van der Waals surface area contributed by atoms with Gasteiger partial charge in [0.1, 0.15) is 0 Å². The Balaban J connectivity index is 1.92. The predicted octanol–water partition coefficient (Wildman–Crippen LogP) is 3.57. The van der Waals surface area contributed by atoms with E-state index in [9.17, 15) is 0 Å². The first-order valence-electron chi connectivity index (χ1n) is 6.18. The summed E-state index contributed by atoms with van der Waals surface area (Å²) < 4.78 is 0. The highest BCUT2D eigenvalue weighted by Gasteiger charge is 2.57. The zero-order valence-corrected chi connectivity index (χ0v) is 9.16. The summed E-state index contributed by atoms with van der Waals surface area (Å²) in [6.07, 6.45) is 4.67. The molecule has 0 aromatic rings. The van der Waals surface area contributed by atoms with Crippen LogP contribution in [0.3, 0.4) is 0 Å². The van der Waals surface area contributed by atoms with E-state index in [2.05, 4.69) is 20.8 Å². The molecule has 0 spiro atoms. The van der Waals surface area contributed by atoms with Crippen LogP contribution in [0, 0.1) is 41.4 Å². The topological polar surface area (TPSA) is 0 Å². The maximum Gasteiger partial charge on any atom is -0.0324 e. The van der Waals surface area contributed by atoms with Gasteiger partial charge in [-0.1, -0.05) is 20.8 Å². The number of fused-ring (bicyclic) bond motifs is 5. The van der Waals surface area contributed by atoms with Crippen LogP contribution < -0.4 is 0 Å². The van der Waals surface area contributed by atoms with Crippen molar-refractivity contribution in [3.63, 3.8) is 0 Å². The molecule has 0 saturated heterocycles. The average molecular weight is 178 g/mol. The zero-order valence-electron chi connectivity index (χ0n) is 9.16. The second-order valence-electron chi connectivity index (χ2n) is 6.22. The molecule has 3 aliphatic rings. The van der Waals surface area contributed by atoms with E-state index in [0.717, 1.165) is 41.4 Å². The Morgan fingerprint density at radius 2 is 1.38 bits per heavy atom. The van der Waals surface area contributed by atoms with Crippen molar-refractivity contribution in [3.8, 4) is 0 Å². The summed E-state index contributed by atoms with van der Waals surface area (Å²) in [5.41, 5.74) is 0. The minimum Gasteiger partial charge on any atom is -0.0622 e. The predicted molar refractivity (Wildman–Crippen MR) is 55.3 cm³/mol. The Bertz CT molecular complexity index is 220. The number of hydrogen-bond acceptors (Lipinski definition) is 0. The van der Waals surface area contributed by atoms with Crippen molar-refractivity contribution in [2.24, 2.45) is 41.4 Å². The van der Waals surface area contributed by atoms with E-state index in [0.29, 0.717) is 0 Å². The standard InChI is InChI=1S/C13H22/c1-7-5-10-6-11(7)13-9(3)4-8(2)12(10)13/h7-13H,4-6H2,1-3H3. The van der Waals surface area contributed by atoms with Crippen LogP contribution in [0.5, 0.6) is 0 Å². The summed E-state index contributed by atoms with van der Waals surface area (Å²) in [6, 6.07) is 0. The third-order valence-electron chi connectivity index (χ3n) is 5.52. The Morgan fingerprint density at radius 1 is 0.692 bits per heavy atom. The Kier molecular flexibility index (Phi) is 1.61. The summed E-state index contributed by atoms with van der Waals surface area (Å²) in [4.78, 5) is 0. The maximum atomic E-state index is 2.51. The van der Waals surface area contributed by atoms with E-state index in [1.54, 1.807) is 12.8 Å². The molecule has 0 amide bonds. The van der Waals surface area contributed by atoms with Gasteiger partial charge >= 0.3 is 0 Å². The average Bonchev–Trinajstić information content (AvgIpc) is 2.64. The Morgan fingerprint density at radius 3 is 2.15 bits per heavy atom. The fourth-order valence-corrected chi connectivity index (χ4v) is 5.33. The largest absolute Gasteiger partial charge is 0.0622 e. The summed E-state index contributed by atoms with van der Waals surface area (Å²) in [6.45, 7) is 7.51. The molecule has 0 N–H and O–H groups in total. The highest BCUT2D eigenvalue weighted by atomic mass is 14.6. The van der Waals surface area contributed by atoms with Gasteiger partial charge in [-0.25, -0.2) is 0 Å². The van der Waals surface area contributed by atoms with Gasteiger partial charge in [0, 0.05) is 0 Å². The van der Waals surface area contributed by atoms with E-state index in [1.165, 1.54) is 6.42 Å². The molecule has 0 nitrogen and oxygen atoms in total. The minimum atomic E-state index is 1.04. The molecule has 0 aliphatic heterocycles. The van der Waals surface area contributed by atoms with Crippen LogP contribution in [0.2, 0.25) is 0 Å². The first-order chi connectivity index (χ1) is 6.18. The molecule has 2 bridgehead atoms. The lowest BCUT2D eigenvalue weighted by Gasteiger charge is -2.33. The zero-order chi connectivity index (χ0) is 9.16. The summed E-state index contributed by atoms with van der Waals surface area (Å²) in [5, 5.41) is 0. The van der Waals surface area contributed by atoms with Gasteiger partial charge in [0.15, 0.2) is 0 Å². The van der Waals surface area contributed by atoms with Crippen molar-refractivity contribution in [2.45, 2.75) is 40.0 Å². The van der Waals surface area contributed by atoms with Gasteiger partial charge in [0.25, 0.3) is 0 Å². The SMILES string of the molecule is CC1CC2CC1C1C(C)CC(C)C21. The first kappa shape index (κ1) is 8.32. The highest BCUT2D eigenvalue weighted by Crippen LogP contribution is 2.64. The molecule has 0 heterocycles. The third kappa shape index (κ3) is 0.926. The number of rotatable bonds is 0. The fourth-order valence-electron chi connectivity index (χ4n) is 5.33. The quantitative estimate of drug-likeness (QED) is 0.532. The van der Waals surface area contributed by atoms with Crippen LogP contribution in [0.1, 0.15) is 40.0 Å². The molecule has 0 aromatic carbocycles. The molecule has 3 saturated carbocycles. The van der Waals surface area contributed by atoms with Crippen molar-refractivity contribution in [1.82, 2.24) is 0 Å². The first-order valence-corrected chi connectivity index (χ1v) is 6.18. The van der Waals surface area contributed by atoms with Crippen molar-refractivity contribution < 1.29 is 0 Å². The van der Waals surface area contributed by atoms with Crippen LogP contribution in [0.25, 0.3) is 0 Å². The maximum absolute atomic E-state index is 2.51. The lowest BCUT2D eigenvalue weighted by atomic mass is 9.72. The second-order valence-corrected chi connectivity index (χ2v) is 6.22. The molecule has 7 atom stereocenters. The Hall–Kier alpha value is 0. The van der Waals surface area contributed by atoms with E-state index >= 15 is 0 Å². The molecule has 3 fully saturated rings. The molecule has 3 rings (SSSR count). The number of hydrogen-bond donors (Lipinski definition) is 0. The fraction of sp³-hybridized carbons (Fsp3) is 1.00. The van der Waals surface area contributed by atoms with Crippen LogP contribution in [-0.4, -0.2) is 0 Å². The van der Waals surface area contributed by atoms with E-state index in [-0.39, 0.29) is 0 Å². The molecular weight excluding hydrogens is 156 g/mol. The van der Waals surface area contributed by atoms with Gasteiger partial charge < -0.3 is 0 Å². The monoisotopic (exact) mass is 178 g/mol. The molecule has 7 unspecified atom stereocenters. The van der Waals surface area contributed by atoms with Gasteiger partial charge in [0.2, 0.25) is 0 Å². The van der Waals surface area contributed by atoms with Crippen molar-refractivity contribution >= 4 is 0 Å². The lowest BCUT2D eigenvalue weighted by molar-refractivity contribution is 0.154. The molecule has 3 aliphatic carbocycles. The van der Waals surface area contributed by atoms with Crippen LogP contribution in [0.4, 0.5) is 0 Å². The molecule has 0 aromatic heterocycles. The van der Waals surface area contributed by atoms with Crippen molar-refractivity contribution in [1.29, 1.82) is 0 Å². The van der Waals surface area contributed by atoms with E-state index < -0.39 is 0 Å². The van der Waals surface area contributed by atoms with E-state index in [4.69, 9.17) is 0 Å². The van der Waals surface area contributed by atoms with Crippen LogP contribution in [0.15, 0.2) is 0 Å². The summed E-state index contributed by atoms with van der Waals surface area (Å²) in [5.74, 6) is 7.65.